The second kappa shape index (κ2) is 8.16. The summed E-state index contributed by atoms with van der Waals surface area (Å²) in [6.07, 6.45) is 4.61. The van der Waals surface area contributed by atoms with Crippen LogP contribution < -0.4 is 9.47 Å². The van der Waals surface area contributed by atoms with Crippen LogP contribution in [0.4, 0.5) is 0 Å². The van der Waals surface area contributed by atoms with E-state index in [1.807, 2.05) is 6.07 Å². The molecule has 1 atom stereocenters. The largest absolute Gasteiger partial charge is 0.493 e. The SMILES string of the molecule is COc1cccc(/C=C/C(=O)C(C#N)C(=O)N2CCCC2)c1OC. The lowest BCUT2D eigenvalue weighted by molar-refractivity contribution is -0.136. The summed E-state index contributed by atoms with van der Waals surface area (Å²) in [5, 5.41) is 9.21. The third-order valence-corrected chi connectivity index (χ3v) is 3.94. The number of carbonyl (C=O) groups is 2. The van der Waals surface area contributed by atoms with Crippen LogP contribution in [0.15, 0.2) is 24.3 Å². The first-order valence-corrected chi connectivity index (χ1v) is 7.73. The normalized spacial score (nSPS) is 15.1. The van der Waals surface area contributed by atoms with E-state index in [0.29, 0.717) is 30.2 Å². The van der Waals surface area contributed by atoms with Crippen LogP contribution in [0.25, 0.3) is 6.08 Å². The number of likely N-dealkylation sites (tertiary alicyclic amines) is 1. The number of benzene rings is 1. The summed E-state index contributed by atoms with van der Waals surface area (Å²) in [7, 11) is 3.03. The summed E-state index contributed by atoms with van der Waals surface area (Å²) < 4.78 is 10.5. The third kappa shape index (κ3) is 3.74. The van der Waals surface area contributed by atoms with Gasteiger partial charge in [0.1, 0.15) is 0 Å². The predicted octanol–water partition coefficient (Wildman–Crippen LogP) is 2.05. The highest BCUT2D eigenvalue weighted by molar-refractivity contribution is 6.10. The van der Waals surface area contributed by atoms with Crippen molar-refractivity contribution >= 4 is 17.8 Å². The van der Waals surface area contributed by atoms with E-state index in [4.69, 9.17) is 9.47 Å². The maximum absolute atomic E-state index is 12.3. The molecule has 1 saturated heterocycles. The highest BCUT2D eigenvalue weighted by Crippen LogP contribution is 2.31. The molecular weight excluding hydrogens is 308 g/mol. The van der Waals surface area contributed by atoms with Crippen molar-refractivity contribution in [2.75, 3.05) is 27.3 Å². The Labute approximate surface area is 141 Å². The summed E-state index contributed by atoms with van der Waals surface area (Å²) in [4.78, 5) is 26.1. The minimum Gasteiger partial charge on any atom is -0.493 e. The van der Waals surface area contributed by atoms with Crippen LogP contribution in [-0.2, 0) is 9.59 Å². The van der Waals surface area contributed by atoms with Crippen LogP contribution in [0.2, 0.25) is 0 Å². The third-order valence-electron chi connectivity index (χ3n) is 3.94. The van der Waals surface area contributed by atoms with Crippen molar-refractivity contribution in [1.29, 1.82) is 5.26 Å². The number of hydrogen-bond acceptors (Lipinski definition) is 5. The molecule has 0 radical (unpaired) electrons. The number of allylic oxidation sites excluding steroid dienone is 1. The van der Waals surface area contributed by atoms with Crippen molar-refractivity contribution in [3.8, 4) is 17.6 Å². The van der Waals surface area contributed by atoms with Crippen LogP contribution in [0, 0.1) is 17.2 Å². The quantitative estimate of drug-likeness (QED) is 0.590. The van der Waals surface area contributed by atoms with Gasteiger partial charge in [0.2, 0.25) is 5.91 Å². The summed E-state index contributed by atoms with van der Waals surface area (Å²) in [5.74, 6) is -1.21. The summed E-state index contributed by atoms with van der Waals surface area (Å²) in [6, 6.07) is 7.09. The second-order valence-electron chi connectivity index (χ2n) is 5.41. The molecule has 1 aromatic carbocycles. The van der Waals surface area contributed by atoms with Gasteiger partial charge in [-0.3, -0.25) is 9.59 Å². The summed E-state index contributed by atoms with van der Waals surface area (Å²) in [6.45, 7) is 1.22. The van der Waals surface area contributed by atoms with E-state index in [1.165, 1.54) is 26.4 Å². The van der Waals surface area contributed by atoms with E-state index in [1.54, 1.807) is 23.1 Å². The average molecular weight is 328 g/mol. The minimum atomic E-state index is -1.30. The lowest BCUT2D eigenvalue weighted by Crippen LogP contribution is -2.36. The highest BCUT2D eigenvalue weighted by atomic mass is 16.5. The van der Waals surface area contributed by atoms with Gasteiger partial charge in [-0.1, -0.05) is 12.1 Å². The van der Waals surface area contributed by atoms with Crippen molar-refractivity contribution in [2.45, 2.75) is 12.8 Å². The Hall–Kier alpha value is -2.81. The first kappa shape index (κ1) is 17.5. The van der Waals surface area contributed by atoms with Gasteiger partial charge in [-0.05, 0) is 31.1 Å². The van der Waals surface area contributed by atoms with Gasteiger partial charge in [-0.15, -0.1) is 0 Å². The molecule has 0 bridgehead atoms. The average Bonchev–Trinajstić information content (AvgIpc) is 3.14. The molecule has 24 heavy (non-hydrogen) atoms. The number of carbonyl (C=O) groups excluding carboxylic acids is 2. The van der Waals surface area contributed by atoms with Crippen LogP contribution in [0.3, 0.4) is 0 Å². The van der Waals surface area contributed by atoms with Crippen LogP contribution in [-0.4, -0.2) is 43.9 Å². The molecule has 1 fully saturated rings. The Morgan fingerprint density at radius 2 is 1.96 bits per heavy atom. The molecule has 6 nitrogen and oxygen atoms in total. The molecule has 0 aromatic heterocycles. The van der Waals surface area contributed by atoms with Crippen molar-refractivity contribution < 1.29 is 19.1 Å². The van der Waals surface area contributed by atoms with Gasteiger partial charge in [-0.25, -0.2) is 0 Å². The number of nitrogens with zero attached hydrogens (tertiary/aromatic N) is 2. The van der Waals surface area contributed by atoms with Gasteiger partial charge in [0.25, 0.3) is 0 Å². The zero-order valence-electron chi connectivity index (χ0n) is 13.8. The Morgan fingerprint density at radius 1 is 1.25 bits per heavy atom. The fourth-order valence-corrected chi connectivity index (χ4v) is 2.67. The molecule has 0 spiro atoms. The first-order chi connectivity index (χ1) is 11.6. The van der Waals surface area contributed by atoms with Gasteiger partial charge in [0.05, 0.1) is 20.3 Å². The van der Waals surface area contributed by atoms with E-state index in [9.17, 15) is 14.9 Å². The van der Waals surface area contributed by atoms with E-state index < -0.39 is 17.6 Å². The van der Waals surface area contributed by atoms with Gasteiger partial charge < -0.3 is 14.4 Å². The molecule has 126 valence electrons. The van der Waals surface area contributed by atoms with Crippen molar-refractivity contribution in [1.82, 2.24) is 4.90 Å². The lowest BCUT2D eigenvalue weighted by atomic mass is 10.0. The summed E-state index contributed by atoms with van der Waals surface area (Å²) >= 11 is 0. The van der Waals surface area contributed by atoms with Crippen molar-refractivity contribution in [3.63, 3.8) is 0 Å². The molecule has 1 aliphatic heterocycles. The highest BCUT2D eigenvalue weighted by Gasteiger charge is 2.30. The van der Waals surface area contributed by atoms with E-state index in [-0.39, 0.29) is 0 Å². The Balaban J connectivity index is 2.17. The van der Waals surface area contributed by atoms with Crippen LogP contribution in [0.1, 0.15) is 18.4 Å². The lowest BCUT2D eigenvalue weighted by Gasteiger charge is -2.17. The number of amides is 1. The molecule has 1 heterocycles. The molecule has 1 aromatic rings. The van der Waals surface area contributed by atoms with Gasteiger partial charge in [0, 0.05) is 18.7 Å². The second-order valence-corrected chi connectivity index (χ2v) is 5.41. The number of ether oxygens (including phenoxy) is 2. The van der Waals surface area contributed by atoms with Crippen LogP contribution >= 0.6 is 0 Å². The fourth-order valence-electron chi connectivity index (χ4n) is 2.67. The topological polar surface area (TPSA) is 79.6 Å². The van der Waals surface area contributed by atoms with Crippen molar-refractivity contribution in [3.05, 3.63) is 29.8 Å². The Morgan fingerprint density at radius 3 is 2.54 bits per heavy atom. The zero-order valence-corrected chi connectivity index (χ0v) is 13.8. The van der Waals surface area contributed by atoms with Crippen molar-refractivity contribution in [2.24, 2.45) is 5.92 Å². The Kier molecular flexibility index (Phi) is 5.96. The number of rotatable bonds is 6. The zero-order chi connectivity index (χ0) is 17.5. The van der Waals surface area contributed by atoms with Gasteiger partial charge in [0.15, 0.2) is 23.2 Å². The smallest absolute Gasteiger partial charge is 0.247 e. The molecule has 1 amide bonds. The number of hydrogen-bond donors (Lipinski definition) is 0. The molecule has 6 heteroatoms. The van der Waals surface area contributed by atoms with Gasteiger partial charge in [-0.2, -0.15) is 5.26 Å². The number of methoxy groups -OCH3 is 2. The summed E-state index contributed by atoms with van der Waals surface area (Å²) in [5.41, 5.74) is 0.635. The molecule has 0 aliphatic carbocycles. The molecule has 0 N–H and O–H groups in total. The molecule has 1 aliphatic rings. The maximum Gasteiger partial charge on any atom is 0.247 e. The standard InChI is InChI=1S/C18H20N2O4/c1-23-16-7-5-6-13(17(16)24-2)8-9-15(21)14(12-19)18(22)20-10-3-4-11-20/h5-9,14H,3-4,10-11H2,1-2H3/b9-8+. The van der Waals surface area contributed by atoms with Gasteiger partial charge >= 0.3 is 0 Å². The predicted molar refractivity (Wildman–Crippen MR) is 88.5 cm³/mol. The first-order valence-electron chi connectivity index (χ1n) is 7.73. The maximum atomic E-state index is 12.3. The molecule has 2 rings (SSSR count). The Bertz CT molecular complexity index is 685. The number of nitriles is 1. The minimum absolute atomic E-state index is 0.415. The number of para-hydroxylation sites is 1. The van der Waals surface area contributed by atoms with E-state index in [0.717, 1.165) is 12.8 Å². The number of ketones is 1. The fraction of sp³-hybridized carbons (Fsp3) is 0.389. The van der Waals surface area contributed by atoms with Crippen LogP contribution in [0.5, 0.6) is 11.5 Å². The van der Waals surface area contributed by atoms with E-state index >= 15 is 0 Å². The molecular formula is C18H20N2O4. The van der Waals surface area contributed by atoms with E-state index in [2.05, 4.69) is 0 Å². The molecule has 1 unspecified atom stereocenters. The molecule has 0 saturated carbocycles. The monoisotopic (exact) mass is 328 g/mol.